The third-order valence-electron chi connectivity index (χ3n) is 12.0. The molecule has 26 nitrogen and oxygen atoms in total. The largest absolute Gasteiger partial charge is 0.481 e. The number of aromatic nitrogens is 1. The second-order valence-electron chi connectivity index (χ2n) is 18.3. The molecule has 3 heterocycles. The van der Waals surface area contributed by atoms with E-state index in [0.717, 1.165) is 15.8 Å². The normalized spacial score (nSPS) is 24.3. The number of unbranched alkanes of at least 4 members (excludes halogenated alkanes) is 1. The van der Waals surface area contributed by atoms with Crippen molar-refractivity contribution in [3.05, 3.63) is 36.0 Å². The number of H-pyrrole nitrogens is 1. The number of nitrogens with two attached hydrogens (primary N) is 3. The van der Waals surface area contributed by atoms with Crippen molar-refractivity contribution in [3.63, 3.8) is 0 Å². The smallest absolute Gasteiger partial charge is 0.305 e. The molecule has 2 aliphatic rings. The van der Waals surface area contributed by atoms with Gasteiger partial charge in [-0.25, -0.2) is 0 Å². The second kappa shape index (κ2) is 27.9. The van der Waals surface area contributed by atoms with Gasteiger partial charge in [-0.15, -0.1) is 0 Å². The number of fused-ring (bicyclic) bond motifs is 2. The molecule has 0 radical (unpaired) electrons. The SMILES string of the molecule is CC(C)C[C@@H]1NC(=O)CNC(=O)CNC(=O)[C@H](CCCN=C(N)N)NC(=O)[C@H](CC(=O)O)NC(=O)[C@@H]2CCCN2C(=O)[C@H]([C@@H](C)O)NC(=O)[C@H](CCCCN)NC(=O)[C@H](Cc2c[nH]c3ccccc23)NC1=O. The molecule has 0 bridgehead atoms. The van der Waals surface area contributed by atoms with Gasteiger partial charge in [-0.2, -0.15) is 0 Å². The number of aliphatic hydroxyl groups is 1. The van der Waals surface area contributed by atoms with E-state index in [1.807, 2.05) is 18.2 Å². The average Bonchev–Trinajstić information content (AvgIpc) is 3.99. The maximum Gasteiger partial charge on any atom is 0.305 e. The molecule has 396 valence electrons. The summed E-state index contributed by atoms with van der Waals surface area (Å²) in [5.74, 6) is -9.92. The molecule has 2 aromatic rings. The van der Waals surface area contributed by atoms with Crippen molar-refractivity contribution in [1.29, 1.82) is 0 Å². The van der Waals surface area contributed by atoms with Crippen LogP contribution < -0.4 is 59.7 Å². The minimum atomic E-state index is -1.80. The number of benzene rings is 1. The lowest BCUT2D eigenvalue weighted by atomic mass is 10.00. The lowest BCUT2D eigenvalue weighted by Gasteiger charge is -2.32. The molecule has 0 spiro atoms. The number of amides is 9. The number of aliphatic hydroxyl groups excluding tert-OH is 1. The highest BCUT2D eigenvalue weighted by Gasteiger charge is 2.42. The molecule has 2 aliphatic heterocycles. The van der Waals surface area contributed by atoms with Gasteiger partial charge in [0, 0.05) is 36.6 Å². The van der Waals surface area contributed by atoms with Gasteiger partial charge in [-0.1, -0.05) is 32.0 Å². The second-order valence-corrected chi connectivity index (χ2v) is 18.3. The predicted octanol–water partition coefficient (Wildman–Crippen LogP) is -4.06. The number of guanidine groups is 1. The van der Waals surface area contributed by atoms with Crippen molar-refractivity contribution in [2.45, 2.75) is 133 Å². The number of hydrogen-bond acceptors (Lipinski definition) is 13. The number of para-hydroxylation sites is 1. The maximum atomic E-state index is 14.5. The van der Waals surface area contributed by atoms with E-state index in [0.29, 0.717) is 18.4 Å². The summed E-state index contributed by atoms with van der Waals surface area (Å²) in [7, 11) is 0. The summed E-state index contributed by atoms with van der Waals surface area (Å²) in [6.45, 7) is 3.69. The number of carbonyl (C=O) groups excluding carboxylic acids is 9. The van der Waals surface area contributed by atoms with Gasteiger partial charge in [-0.05, 0) is 82.4 Å². The third kappa shape index (κ3) is 17.5. The Hall–Kier alpha value is -7.35. The highest BCUT2D eigenvalue weighted by atomic mass is 16.4. The zero-order valence-electron chi connectivity index (χ0n) is 40.8. The molecule has 8 atom stereocenters. The Morgan fingerprint density at radius 1 is 0.736 bits per heavy atom. The number of aliphatic imine (C=N–C) groups is 1. The first-order valence-electron chi connectivity index (χ1n) is 24.0. The monoisotopic (exact) mass is 1010 g/mol. The molecular weight excluding hydrogens is 941 g/mol. The molecule has 17 N–H and O–H groups in total. The van der Waals surface area contributed by atoms with E-state index in [4.69, 9.17) is 17.2 Å². The van der Waals surface area contributed by atoms with E-state index in [-0.39, 0.29) is 76.5 Å². The van der Waals surface area contributed by atoms with Crippen molar-refractivity contribution in [2.75, 3.05) is 32.7 Å². The number of aliphatic carboxylic acids is 1. The Bertz CT molecular complexity index is 2300. The average molecular weight is 1010 g/mol. The number of nitrogens with zero attached hydrogens (tertiary/aromatic N) is 2. The first-order valence-corrected chi connectivity index (χ1v) is 24.0. The van der Waals surface area contributed by atoms with Crippen LogP contribution in [0.5, 0.6) is 0 Å². The first-order chi connectivity index (χ1) is 34.2. The van der Waals surface area contributed by atoms with E-state index < -0.39 is 127 Å². The van der Waals surface area contributed by atoms with Crippen LogP contribution in [0.1, 0.15) is 84.1 Å². The minimum Gasteiger partial charge on any atom is -0.481 e. The number of aromatic amines is 1. The quantitative estimate of drug-likeness (QED) is 0.0459. The van der Waals surface area contributed by atoms with Gasteiger partial charge in [0.25, 0.3) is 0 Å². The van der Waals surface area contributed by atoms with Crippen LogP contribution in [-0.4, -0.2) is 166 Å². The number of carboxylic acid groups (broad SMARTS) is 1. The fourth-order valence-electron chi connectivity index (χ4n) is 8.34. The fraction of sp³-hybridized carbons (Fsp3) is 0.587. The molecule has 1 aromatic heterocycles. The lowest BCUT2D eigenvalue weighted by molar-refractivity contribution is -0.145. The standard InChI is InChI=1S/C46H70N14O12/c1-24(2)18-31-41(68)57-32(19-26-21-51-28-11-5-4-10-27(26)28)42(69)56-30(12-6-7-15-47)40(67)59-38(25(3)61)45(72)60-17-9-14-34(60)44(71)58-33(20-37(64)65)43(70)55-29(13-8-16-50-46(48)49)39(66)53-22-35(62)52-23-36(63)54-31/h4-5,10-11,21,24-25,29-34,38,51,61H,6-9,12-20,22-23,47H2,1-3H3,(H,52,62)(H,53,66)(H,54,63)(H,55,70)(H,56,69)(H,57,68)(H,58,71)(H,59,67)(H,64,65)(H4,48,49,50)/t25-,29+,30+,31+,32+,33+,34+,38+/m1/s1. The summed E-state index contributed by atoms with van der Waals surface area (Å²) >= 11 is 0. The van der Waals surface area contributed by atoms with Gasteiger partial charge < -0.3 is 79.8 Å². The number of nitrogens with one attached hydrogen (secondary N) is 9. The Morgan fingerprint density at radius 2 is 1.35 bits per heavy atom. The number of carbonyl (C=O) groups is 10. The summed E-state index contributed by atoms with van der Waals surface area (Å²) in [6, 6.07) is -2.93. The van der Waals surface area contributed by atoms with Crippen molar-refractivity contribution in [1.82, 2.24) is 52.4 Å². The van der Waals surface area contributed by atoms with Gasteiger partial charge in [0.1, 0.15) is 42.3 Å². The summed E-state index contributed by atoms with van der Waals surface area (Å²) < 4.78 is 0. The summed E-state index contributed by atoms with van der Waals surface area (Å²) in [5.41, 5.74) is 18.0. The molecule has 9 amide bonds. The number of rotatable bonds is 15. The fourth-order valence-corrected chi connectivity index (χ4v) is 8.34. The van der Waals surface area contributed by atoms with Crippen LogP contribution in [0.25, 0.3) is 10.9 Å². The molecule has 1 aromatic carbocycles. The maximum absolute atomic E-state index is 14.5. The van der Waals surface area contributed by atoms with E-state index >= 15 is 0 Å². The van der Waals surface area contributed by atoms with Crippen LogP contribution in [0, 0.1) is 5.92 Å². The highest BCUT2D eigenvalue weighted by Crippen LogP contribution is 2.22. The predicted molar refractivity (Wildman–Crippen MR) is 261 cm³/mol. The zero-order valence-corrected chi connectivity index (χ0v) is 40.8. The molecule has 0 aliphatic carbocycles. The van der Waals surface area contributed by atoms with Crippen molar-refractivity contribution in [3.8, 4) is 0 Å². The molecule has 4 rings (SSSR count). The van der Waals surface area contributed by atoms with Crippen LogP contribution in [0.2, 0.25) is 0 Å². The van der Waals surface area contributed by atoms with Crippen LogP contribution in [-0.2, 0) is 54.4 Å². The van der Waals surface area contributed by atoms with Gasteiger partial charge in [0.2, 0.25) is 53.2 Å². The molecule has 26 heteroatoms. The Kier molecular flexibility index (Phi) is 22.2. The molecule has 2 fully saturated rings. The van der Waals surface area contributed by atoms with Crippen LogP contribution in [0.3, 0.4) is 0 Å². The topological polar surface area (TPSA) is 417 Å². The third-order valence-corrected chi connectivity index (χ3v) is 12.0. The van der Waals surface area contributed by atoms with Gasteiger partial charge >= 0.3 is 5.97 Å². The molecular formula is C46H70N14O12. The molecule has 2 saturated heterocycles. The Morgan fingerprint density at radius 3 is 2.01 bits per heavy atom. The molecule has 72 heavy (non-hydrogen) atoms. The van der Waals surface area contributed by atoms with Crippen LogP contribution in [0.15, 0.2) is 35.5 Å². The van der Waals surface area contributed by atoms with E-state index in [9.17, 15) is 58.2 Å². The van der Waals surface area contributed by atoms with Crippen LogP contribution in [0.4, 0.5) is 0 Å². The van der Waals surface area contributed by atoms with Crippen LogP contribution >= 0.6 is 0 Å². The zero-order chi connectivity index (χ0) is 53.1. The lowest BCUT2D eigenvalue weighted by Crippen LogP contribution is -2.62. The Balaban J connectivity index is 1.75. The number of carboxylic acids is 1. The number of hydrogen-bond donors (Lipinski definition) is 14. The summed E-state index contributed by atoms with van der Waals surface area (Å²) in [6.07, 6.45) is 0.164. The summed E-state index contributed by atoms with van der Waals surface area (Å²) in [5, 5.41) is 41.6. The van der Waals surface area contributed by atoms with Gasteiger partial charge in [0.15, 0.2) is 5.96 Å². The summed E-state index contributed by atoms with van der Waals surface area (Å²) in [4.78, 5) is 145. The molecule has 0 saturated carbocycles. The van der Waals surface area contributed by atoms with Gasteiger partial charge in [0.05, 0.1) is 25.6 Å². The Labute approximate surface area is 415 Å². The highest BCUT2D eigenvalue weighted by molar-refractivity contribution is 5.99. The van der Waals surface area contributed by atoms with Gasteiger partial charge in [-0.3, -0.25) is 52.9 Å². The molecule has 0 unspecified atom stereocenters. The van der Waals surface area contributed by atoms with E-state index in [1.54, 1.807) is 26.1 Å². The van der Waals surface area contributed by atoms with Crippen molar-refractivity contribution >= 4 is 76.0 Å². The minimum absolute atomic E-state index is 0.00101. The van der Waals surface area contributed by atoms with Crippen molar-refractivity contribution < 1.29 is 58.2 Å². The van der Waals surface area contributed by atoms with Crippen molar-refractivity contribution in [2.24, 2.45) is 28.1 Å². The van der Waals surface area contributed by atoms with E-state index in [2.05, 4.69) is 52.5 Å². The first kappa shape index (κ1) is 57.2. The van der Waals surface area contributed by atoms with E-state index in [1.165, 1.54) is 6.92 Å².